The summed E-state index contributed by atoms with van der Waals surface area (Å²) in [5.74, 6) is 0. The first-order valence-corrected chi connectivity index (χ1v) is 8.40. The second kappa shape index (κ2) is 5.69. The van der Waals surface area contributed by atoms with E-state index in [0.717, 1.165) is 34.1 Å². The van der Waals surface area contributed by atoms with Gasteiger partial charge < -0.3 is 0 Å². The Morgan fingerprint density at radius 2 is 1.95 bits per heavy atom. The van der Waals surface area contributed by atoms with Gasteiger partial charge >= 0.3 is 0 Å². The van der Waals surface area contributed by atoms with E-state index in [9.17, 15) is 0 Å². The van der Waals surface area contributed by atoms with Crippen molar-refractivity contribution >= 4 is 27.0 Å². The van der Waals surface area contributed by atoms with Gasteiger partial charge in [0, 0.05) is 22.4 Å². The summed E-state index contributed by atoms with van der Waals surface area (Å²) in [6.45, 7) is 0. The first-order valence-electron chi connectivity index (χ1n) is 7.60. The number of allylic oxidation sites excluding steroid dienone is 2. The van der Waals surface area contributed by atoms with Crippen molar-refractivity contribution in [2.75, 3.05) is 0 Å². The molecule has 0 fully saturated rings. The lowest BCUT2D eigenvalue weighted by Crippen LogP contribution is -1.99. The third kappa shape index (κ3) is 2.37. The molecular weight excluding hydrogens is 338 g/mol. The smallest absolute Gasteiger partial charge is 0.0999 e. The summed E-state index contributed by atoms with van der Waals surface area (Å²) in [5.41, 5.74) is 5.86. The Morgan fingerprint density at radius 3 is 2.73 bits per heavy atom. The van der Waals surface area contributed by atoms with E-state index in [2.05, 4.69) is 56.4 Å². The van der Waals surface area contributed by atoms with Crippen LogP contribution in [0.3, 0.4) is 0 Å². The van der Waals surface area contributed by atoms with E-state index in [1.807, 2.05) is 23.1 Å². The van der Waals surface area contributed by atoms with Gasteiger partial charge in [0.1, 0.15) is 0 Å². The largest absolute Gasteiger partial charge is 0.253 e. The highest BCUT2D eigenvalue weighted by Crippen LogP contribution is 2.33. The van der Waals surface area contributed by atoms with Gasteiger partial charge in [0.15, 0.2) is 0 Å². The number of rotatable bonds is 2. The molecule has 0 bridgehead atoms. The Bertz CT molecular complexity index is 846. The third-order valence-electron chi connectivity index (χ3n) is 4.18. The van der Waals surface area contributed by atoms with Gasteiger partial charge in [0.05, 0.1) is 17.4 Å². The molecule has 4 rings (SSSR count). The molecule has 0 saturated carbocycles. The van der Waals surface area contributed by atoms with Crippen molar-refractivity contribution in [2.45, 2.75) is 25.7 Å². The fourth-order valence-corrected chi connectivity index (χ4v) is 3.34. The molecule has 1 aliphatic rings. The van der Waals surface area contributed by atoms with Gasteiger partial charge in [-0.2, -0.15) is 5.10 Å². The lowest BCUT2D eigenvalue weighted by molar-refractivity contribution is 0.739. The molecule has 2 heterocycles. The van der Waals surface area contributed by atoms with Crippen molar-refractivity contribution in [1.82, 2.24) is 14.6 Å². The minimum absolute atomic E-state index is 1.08. The van der Waals surface area contributed by atoms with E-state index >= 15 is 0 Å². The van der Waals surface area contributed by atoms with Crippen LogP contribution in [0.1, 0.15) is 31.4 Å². The van der Waals surface area contributed by atoms with Gasteiger partial charge in [0.2, 0.25) is 0 Å². The van der Waals surface area contributed by atoms with Crippen molar-refractivity contribution in [1.29, 1.82) is 0 Å². The predicted molar refractivity (Wildman–Crippen MR) is 92.6 cm³/mol. The van der Waals surface area contributed by atoms with Crippen LogP contribution < -0.4 is 0 Å². The number of hydrogen-bond acceptors (Lipinski definition) is 2. The SMILES string of the molecule is Brc1ccc(-c2cnn3ccnc(C4=CCCCC4)c23)cc1. The van der Waals surface area contributed by atoms with Crippen LogP contribution in [-0.2, 0) is 0 Å². The standard InChI is InChI=1S/C18H16BrN3/c19-15-8-6-13(7-9-15)16-12-21-22-11-10-20-17(18(16)22)14-4-2-1-3-5-14/h4,6-12H,1-3,5H2. The molecule has 0 aliphatic heterocycles. The van der Waals surface area contributed by atoms with Crippen molar-refractivity contribution < 1.29 is 0 Å². The van der Waals surface area contributed by atoms with Crippen LogP contribution >= 0.6 is 15.9 Å². The molecule has 0 radical (unpaired) electrons. The summed E-state index contributed by atoms with van der Waals surface area (Å²) in [7, 11) is 0. The fraction of sp³-hybridized carbons (Fsp3) is 0.222. The van der Waals surface area contributed by atoms with Crippen LogP contribution in [0.5, 0.6) is 0 Å². The highest BCUT2D eigenvalue weighted by atomic mass is 79.9. The quantitative estimate of drug-likeness (QED) is 0.640. The normalized spacial score (nSPS) is 15.0. The summed E-state index contributed by atoms with van der Waals surface area (Å²) in [4.78, 5) is 4.67. The molecule has 4 heteroatoms. The van der Waals surface area contributed by atoms with E-state index in [0.29, 0.717) is 0 Å². The number of benzene rings is 1. The highest BCUT2D eigenvalue weighted by molar-refractivity contribution is 9.10. The van der Waals surface area contributed by atoms with E-state index in [1.54, 1.807) is 0 Å². The third-order valence-corrected chi connectivity index (χ3v) is 4.71. The highest BCUT2D eigenvalue weighted by Gasteiger charge is 2.16. The zero-order valence-electron chi connectivity index (χ0n) is 12.2. The molecule has 0 atom stereocenters. The molecule has 2 aromatic heterocycles. The average molecular weight is 354 g/mol. The van der Waals surface area contributed by atoms with Crippen LogP contribution in [0.15, 0.2) is 53.4 Å². The number of aromatic nitrogens is 3. The van der Waals surface area contributed by atoms with Gasteiger partial charge in [-0.05, 0) is 49.0 Å². The second-order valence-electron chi connectivity index (χ2n) is 5.61. The van der Waals surface area contributed by atoms with E-state index in [1.165, 1.54) is 24.0 Å². The van der Waals surface area contributed by atoms with Gasteiger partial charge in [0.25, 0.3) is 0 Å². The van der Waals surface area contributed by atoms with Gasteiger partial charge in [-0.25, -0.2) is 4.52 Å². The van der Waals surface area contributed by atoms with Crippen molar-refractivity contribution in [2.24, 2.45) is 0 Å². The molecule has 3 aromatic rings. The Morgan fingerprint density at radius 1 is 1.09 bits per heavy atom. The minimum Gasteiger partial charge on any atom is -0.253 e. The molecule has 1 aromatic carbocycles. The first kappa shape index (κ1) is 13.7. The number of halogens is 1. The topological polar surface area (TPSA) is 30.2 Å². The molecule has 0 spiro atoms. The molecule has 22 heavy (non-hydrogen) atoms. The lowest BCUT2D eigenvalue weighted by Gasteiger charge is -2.13. The summed E-state index contributed by atoms with van der Waals surface area (Å²) in [5, 5.41) is 4.51. The number of fused-ring (bicyclic) bond motifs is 1. The van der Waals surface area contributed by atoms with Crippen molar-refractivity contribution in [3.8, 4) is 11.1 Å². The van der Waals surface area contributed by atoms with Crippen LogP contribution in [0.2, 0.25) is 0 Å². The summed E-state index contributed by atoms with van der Waals surface area (Å²) in [6, 6.07) is 8.36. The maximum atomic E-state index is 4.67. The maximum Gasteiger partial charge on any atom is 0.0999 e. The molecule has 110 valence electrons. The predicted octanol–water partition coefficient (Wildman–Crippen LogP) is 5.12. The molecule has 0 amide bonds. The average Bonchev–Trinajstić information content (AvgIpc) is 3.00. The van der Waals surface area contributed by atoms with Crippen LogP contribution in [0.4, 0.5) is 0 Å². The van der Waals surface area contributed by atoms with E-state index in [-0.39, 0.29) is 0 Å². The molecule has 1 aliphatic carbocycles. The Balaban J connectivity index is 1.93. The summed E-state index contributed by atoms with van der Waals surface area (Å²) in [6.07, 6.45) is 12.8. The summed E-state index contributed by atoms with van der Waals surface area (Å²) < 4.78 is 3.02. The zero-order chi connectivity index (χ0) is 14.9. The first-order chi connectivity index (χ1) is 10.8. The minimum atomic E-state index is 1.08. The molecular formula is C18H16BrN3. The van der Waals surface area contributed by atoms with Crippen molar-refractivity contribution in [3.63, 3.8) is 0 Å². The van der Waals surface area contributed by atoms with Crippen molar-refractivity contribution in [3.05, 3.63) is 59.1 Å². The molecule has 0 N–H and O–H groups in total. The van der Waals surface area contributed by atoms with Crippen LogP contribution in [0, 0.1) is 0 Å². The number of hydrogen-bond donors (Lipinski definition) is 0. The molecule has 0 saturated heterocycles. The van der Waals surface area contributed by atoms with E-state index in [4.69, 9.17) is 0 Å². The van der Waals surface area contributed by atoms with Gasteiger partial charge in [-0.3, -0.25) is 4.98 Å². The monoisotopic (exact) mass is 353 g/mol. The fourth-order valence-electron chi connectivity index (χ4n) is 3.07. The van der Waals surface area contributed by atoms with Gasteiger partial charge in [-0.1, -0.05) is 34.1 Å². The Hall–Kier alpha value is -1.94. The Kier molecular flexibility index (Phi) is 3.54. The number of nitrogens with zero attached hydrogens (tertiary/aromatic N) is 3. The van der Waals surface area contributed by atoms with E-state index < -0.39 is 0 Å². The second-order valence-corrected chi connectivity index (χ2v) is 6.52. The van der Waals surface area contributed by atoms with Crippen LogP contribution in [0.25, 0.3) is 22.2 Å². The summed E-state index contributed by atoms with van der Waals surface area (Å²) >= 11 is 3.49. The molecule has 3 nitrogen and oxygen atoms in total. The zero-order valence-corrected chi connectivity index (χ0v) is 13.8. The Labute approximate surface area is 137 Å². The van der Waals surface area contributed by atoms with Crippen LogP contribution in [-0.4, -0.2) is 14.6 Å². The van der Waals surface area contributed by atoms with Gasteiger partial charge in [-0.15, -0.1) is 0 Å². The lowest BCUT2D eigenvalue weighted by atomic mass is 9.95. The molecule has 0 unspecified atom stereocenters. The maximum absolute atomic E-state index is 4.67.